The molecule has 0 aromatic heterocycles. The fourth-order valence-corrected chi connectivity index (χ4v) is 10.8. The van der Waals surface area contributed by atoms with Gasteiger partial charge in [-0.15, -0.1) is 0 Å². The van der Waals surface area contributed by atoms with Crippen LogP contribution in [0.4, 0.5) is 0 Å². The van der Waals surface area contributed by atoms with E-state index in [0.717, 1.165) is 6.42 Å². The molecule has 0 fully saturated rings. The molecule has 1 aliphatic heterocycles. The van der Waals surface area contributed by atoms with Crippen LogP contribution >= 0.6 is 9.89 Å². The highest BCUT2D eigenvalue weighted by molar-refractivity contribution is 8.25. The SMILES string of the molecule is C[Si](C)=S1C2=CC=CC2=CC1c1cccc2c1Cc1ccccc1-2. The van der Waals surface area contributed by atoms with Gasteiger partial charge in [-0.3, -0.25) is 0 Å². The Morgan fingerprint density at radius 1 is 1.00 bits per heavy atom. The summed E-state index contributed by atoms with van der Waals surface area (Å²) in [6.45, 7) is 4.96. The Labute approximate surface area is 147 Å². The second-order valence-electron chi connectivity index (χ2n) is 6.89. The third kappa shape index (κ3) is 1.99. The predicted molar refractivity (Wildman–Crippen MR) is 108 cm³/mol. The molecule has 2 aliphatic carbocycles. The molecular weight excluding hydrogens is 324 g/mol. The highest BCUT2D eigenvalue weighted by atomic mass is 32.3. The quantitative estimate of drug-likeness (QED) is 0.460. The first-order valence-corrected chi connectivity index (χ1v) is 13.1. The van der Waals surface area contributed by atoms with Crippen LogP contribution in [0.15, 0.2) is 77.2 Å². The van der Waals surface area contributed by atoms with Crippen molar-refractivity contribution in [3.05, 3.63) is 93.9 Å². The molecule has 0 N–H and O–H groups in total. The maximum Gasteiger partial charge on any atom is 0.0429 e. The van der Waals surface area contributed by atoms with E-state index in [1.165, 1.54) is 22.3 Å². The van der Waals surface area contributed by atoms with Gasteiger partial charge in [-0.1, -0.05) is 73.8 Å². The van der Waals surface area contributed by atoms with Crippen molar-refractivity contribution in [1.29, 1.82) is 0 Å². The number of hydrogen-bond acceptors (Lipinski definition) is 0. The highest BCUT2D eigenvalue weighted by Gasteiger charge is 2.31. The molecule has 0 saturated heterocycles. The molecule has 0 radical (unpaired) electrons. The molecular formula is C22H20SSi. The second kappa shape index (κ2) is 5.37. The van der Waals surface area contributed by atoms with Crippen LogP contribution in [0.25, 0.3) is 11.1 Å². The molecule has 118 valence electrons. The molecule has 1 heterocycles. The minimum atomic E-state index is -0.377. The molecule has 0 nitrogen and oxygen atoms in total. The van der Waals surface area contributed by atoms with Crippen LogP contribution in [0, 0.1) is 0 Å². The maximum atomic E-state index is 2.55. The Morgan fingerprint density at radius 2 is 1.83 bits per heavy atom. The molecule has 2 atom stereocenters. The van der Waals surface area contributed by atoms with Gasteiger partial charge >= 0.3 is 0 Å². The third-order valence-corrected chi connectivity index (χ3v) is 11.9. The molecule has 0 spiro atoms. The van der Waals surface area contributed by atoms with Crippen LogP contribution in [0.5, 0.6) is 0 Å². The summed E-state index contributed by atoms with van der Waals surface area (Å²) in [6, 6.07) is 15.9. The molecule has 0 amide bonds. The summed E-state index contributed by atoms with van der Waals surface area (Å²) in [7, 11) is 0.000279. The molecule has 0 bridgehead atoms. The third-order valence-electron chi connectivity index (χ3n) is 5.26. The number of allylic oxidation sites excluding steroid dienone is 4. The molecule has 0 saturated carbocycles. The van der Waals surface area contributed by atoms with Crippen LogP contribution in [0.1, 0.15) is 21.9 Å². The van der Waals surface area contributed by atoms with E-state index >= 15 is 0 Å². The van der Waals surface area contributed by atoms with Gasteiger partial charge in [0.05, 0.1) is 0 Å². The number of benzene rings is 2. The summed E-state index contributed by atoms with van der Waals surface area (Å²) in [5.41, 5.74) is 9.04. The Kier molecular flexibility index (Phi) is 3.26. The Bertz CT molecular complexity index is 1000. The first-order chi connectivity index (χ1) is 11.7. The van der Waals surface area contributed by atoms with Crippen LogP contribution < -0.4 is 0 Å². The van der Waals surface area contributed by atoms with Gasteiger partial charge in [0.25, 0.3) is 0 Å². The van der Waals surface area contributed by atoms with E-state index in [9.17, 15) is 0 Å². The fraction of sp³-hybridized carbons (Fsp3) is 0.182. The van der Waals surface area contributed by atoms with Crippen molar-refractivity contribution in [1.82, 2.24) is 0 Å². The first-order valence-electron chi connectivity index (χ1n) is 8.58. The Hall–Kier alpha value is -1.77. The second-order valence-corrected chi connectivity index (χ2v) is 14.1. The summed E-state index contributed by atoms with van der Waals surface area (Å²) in [4.78, 5) is 1.62. The standard InChI is InChI=1S/C22H20SSi/c1-24(2)23-21-12-5-8-16(21)14-22(23)19-11-6-10-18-17-9-4-3-7-15(17)13-20(18)19/h3-12,14,22H,13H2,1-2H3. The van der Waals surface area contributed by atoms with Gasteiger partial charge in [0, 0.05) is 17.7 Å². The van der Waals surface area contributed by atoms with Gasteiger partial charge in [0.1, 0.15) is 0 Å². The van der Waals surface area contributed by atoms with E-state index in [2.05, 4.69) is 79.9 Å². The lowest BCUT2D eigenvalue weighted by atomic mass is 9.98. The predicted octanol–water partition coefficient (Wildman–Crippen LogP) is 6.21. The smallest absolute Gasteiger partial charge is 0.0429 e. The van der Waals surface area contributed by atoms with Crippen molar-refractivity contribution in [2.45, 2.75) is 24.8 Å². The minimum Gasteiger partial charge on any atom is -0.170 e. The Balaban J connectivity index is 1.70. The summed E-state index contributed by atoms with van der Waals surface area (Å²) < 4.78 is 0. The molecule has 3 aliphatic rings. The lowest BCUT2D eigenvalue weighted by Crippen LogP contribution is -1.99. The van der Waals surface area contributed by atoms with Crippen molar-refractivity contribution in [3.8, 4) is 11.1 Å². The van der Waals surface area contributed by atoms with Crippen LogP contribution in [-0.4, -0.2) is 7.50 Å². The maximum absolute atomic E-state index is 2.55. The van der Waals surface area contributed by atoms with E-state index in [1.807, 2.05) is 0 Å². The zero-order valence-electron chi connectivity index (χ0n) is 14.0. The lowest BCUT2D eigenvalue weighted by molar-refractivity contribution is 1.14. The van der Waals surface area contributed by atoms with Crippen molar-refractivity contribution < 1.29 is 0 Å². The average Bonchev–Trinajstić information content (AvgIpc) is 3.25. The average molecular weight is 345 g/mol. The van der Waals surface area contributed by atoms with Crippen molar-refractivity contribution in [3.63, 3.8) is 0 Å². The van der Waals surface area contributed by atoms with E-state index in [0.29, 0.717) is 15.1 Å². The monoisotopic (exact) mass is 344 g/mol. The zero-order chi connectivity index (χ0) is 16.3. The van der Waals surface area contributed by atoms with Gasteiger partial charge in [0.2, 0.25) is 0 Å². The molecule has 2 unspecified atom stereocenters. The minimum absolute atomic E-state index is 0.377. The molecule has 5 rings (SSSR count). The highest BCUT2D eigenvalue weighted by Crippen LogP contribution is 2.56. The largest absolute Gasteiger partial charge is 0.170 e. The summed E-state index contributed by atoms with van der Waals surface area (Å²) in [5, 5.41) is 0.587. The summed E-state index contributed by atoms with van der Waals surface area (Å²) >= 11 is 0. The number of hydrogen-bond donors (Lipinski definition) is 0. The summed E-state index contributed by atoms with van der Waals surface area (Å²) in [5.74, 6) is 0. The molecule has 2 aromatic rings. The number of rotatable bonds is 1. The fourth-order valence-electron chi connectivity index (χ4n) is 4.26. The van der Waals surface area contributed by atoms with Crippen molar-refractivity contribution in [2.75, 3.05) is 0 Å². The van der Waals surface area contributed by atoms with Crippen LogP contribution in [0.2, 0.25) is 13.1 Å². The van der Waals surface area contributed by atoms with Crippen LogP contribution in [0.3, 0.4) is 0 Å². The molecule has 2 heteroatoms. The van der Waals surface area contributed by atoms with Gasteiger partial charge in [-0.2, -0.15) is 9.89 Å². The zero-order valence-corrected chi connectivity index (χ0v) is 15.9. The van der Waals surface area contributed by atoms with Gasteiger partial charge in [0.15, 0.2) is 0 Å². The van der Waals surface area contributed by atoms with Gasteiger partial charge in [-0.05, 0) is 45.9 Å². The first kappa shape index (κ1) is 14.6. The van der Waals surface area contributed by atoms with Crippen molar-refractivity contribution in [2.24, 2.45) is 0 Å². The van der Waals surface area contributed by atoms with E-state index < -0.39 is 0 Å². The lowest BCUT2D eigenvalue weighted by Gasteiger charge is -2.20. The van der Waals surface area contributed by atoms with E-state index in [1.54, 1.807) is 16.0 Å². The van der Waals surface area contributed by atoms with Gasteiger partial charge in [-0.25, -0.2) is 0 Å². The normalized spacial score (nSPS) is 22.8. The summed E-state index contributed by atoms with van der Waals surface area (Å²) in [6.07, 6.45) is 10.5. The Morgan fingerprint density at radius 3 is 2.71 bits per heavy atom. The van der Waals surface area contributed by atoms with E-state index in [-0.39, 0.29) is 7.50 Å². The molecule has 24 heavy (non-hydrogen) atoms. The topological polar surface area (TPSA) is 0 Å². The van der Waals surface area contributed by atoms with Gasteiger partial charge < -0.3 is 0 Å². The molecule has 2 aromatic carbocycles. The van der Waals surface area contributed by atoms with Crippen LogP contribution in [-0.2, 0) is 6.42 Å². The van der Waals surface area contributed by atoms with Crippen molar-refractivity contribution >= 4 is 17.4 Å². The number of fused-ring (bicyclic) bond motifs is 4. The van der Waals surface area contributed by atoms with E-state index in [4.69, 9.17) is 0 Å².